The van der Waals surface area contributed by atoms with Gasteiger partial charge in [-0.05, 0) is 13.8 Å². The minimum absolute atomic E-state index is 0.111. The second-order valence-electron chi connectivity index (χ2n) is 1.67. The molecule has 0 aliphatic rings. The number of hydrogen-bond donors (Lipinski definition) is 1. The van der Waals surface area contributed by atoms with Crippen LogP contribution in [0.4, 0.5) is 0 Å². The number of rotatable bonds is 2. The monoisotopic (exact) mass is 113 g/mol. The van der Waals surface area contributed by atoms with Gasteiger partial charge in [0.25, 0.3) is 0 Å². The second kappa shape index (κ2) is 3.24. The van der Waals surface area contributed by atoms with Crippen molar-refractivity contribution in [2.24, 2.45) is 0 Å². The topological polar surface area (TPSA) is 29.1 Å². The van der Waals surface area contributed by atoms with E-state index in [1.807, 2.05) is 0 Å². The molecule has 0 aliphatic carbocycles. The molecule has 0 aromatic rings. The fraction of sp³-hybridized carbons (Fsp3) is 0.500. The van der Waals surface area contributed by atoms with Gasteiger partial charge in [0, 0.05) is 18.8 Å². The third-order valence-electron chi connectivity index (χ3n) is 0.916. The number of hydrogen-bond acceptors (Lipinski definition) is 2. The van der Waals surface area contributed by atoms with Crippen LogP contribution in [-0.4, -0.2) is 12.8 Å². The summed E-state index contributed by atoms with van der Waals surface area (Å²) in [4.78, 5) is 10.4. The number of nitrogens with one attached hydrogen (secondary N) is 1. The Labute approximate surface area is 49.6 Å². The summed E-state index contributed by atoms with van der Waals surface area (Å²) < 4.78 is 0. The van der Waals surface area contributed by atoms with E-state index in [4.69, 9.17) is 0 Å². The van der Waals surface area contributed by atoms with Crippen molar-refractivity contribution in [3.63, 3.8) is 0 Å². The first-order valence-electron chi connectivity index (χ1n) is 2.53. The summed E-state index contributed by atoms with van der Waals surface area (Å²) in [6.45, 7) is 3.32. The van der Waals surface area contributed by atoms with Crippen LogP contribution in [0.3, 0.4) is 0 Å². The summed E-state index contributed by atoms with van der Waals surface area (Å²) in [6, 6.07) is 0. The highest BCUT2D eigenvalue weighted by molar-refractivity contribution is 5.92. The van der Waals surface area contributed by atoms with Gasteiger partial charge in [0.2, 0.25) is 0 Å². The molecule has 0 aromatic carbocycles. The lowest BCUT2D eigenvalue weighted by molar-refractivity contribution is -0.113. The van der Waals surface area contributed by atoms with Gasteiger partial charge in [-0.2, -0.15) is 0 Å². The summed E-state index contributed by atoms with van der Waals surface area (Å²) in [5, 5.41) is 2.77. The molecule has 2 nitrogen and oxygen atoms in total. The summed E-state index contributed by atoms with van der Waals surface area (Å²) in [7, 11) is 1.77. The van der Waals surface area contributed by atoms with E-state index in [2.05, 4.69) is 5.32 Å². The highest BCUT2D eigenvalue weighted by atomic mass is 16.1. The number of Topliss-reactive ketones (excluding diaryl/α,β-unsaturated/α-hetero) is 1. The van der Waals surface area contributed by atoms with Crippen LogP contribution in [-0.2, 0) is 4.79 Å². The average molecular weight is 113 g/mol. The lowest BCUT2D eigenvalue weighted by Crippen LogP contribution is -1.99. The van der Waals surface area contributed by atoms with E-state index in [1.54, 1.807) is 27.1 Å². The Morgan fingerprint density at radius 1 is 1.50 bits per heavy atom. The number of carbonyl (C=O) groups is 1. The molecule has 0 heterocycles. The van der Waals surface area contributed by atoms with Crippen molar-refractivity contribution in [1.29, 1.82) is 0 Å². The molecule has 0 bridgehead atoms. The van der Waals surface area contributed by atoms with Gasteiger partial charge in [-0.15, -0.1) is 0 Å². The van der Waals surface area contributed by atoms with Crippen LogP contribution < -0.4 is 5.32 Å². The normalized spacial score (nSPS) is 11.1. The summed E-state index contributed by atoms with van der Waals surface area (Å²) >= 11 is 0. The van der Waals surface area contributed by atoms with Gasteiger partial charge in [-0.1, -0.05) is 0 Å². The zero-order valence-electron chi connectivity index (χ0n) is 5.49. The van der Waals surface area contributed by atoms with Crippen LogP contribution in [0.15, 0.2) is 11.8 Å². The number of carbonyl (C=O) groups excluding carboxylic acids is 1. The average Bonchev–Trinajstić information content (AvgIpc) is 1.67. The molecule has 0 radical (unpaired) electrons. The van der Waals surface area contributed by atoms with Gasteiger partial charge < -0.3 is 5.32 Å². The molecule has 0 saturated carbocycles. The quantitative estimate of drug-likeness (QED) is 0.534. The molecular formula is C6H11NO. The number of ketones is 1. The molecule has 0 fully saturated rings. The standard InChI is InChI=1S/C6H11NO/c1-5(4-7-3)6(2)8/h4,7H,1-3H3/b5-4-. The highest BCUT2D eigenvalue weighted by Crippen LogP contribution is 1.88. The van der Waals surface area contributed by atoms with Gasteiger partial charge in [0.15, 0.2) is 5.78 Å². The van der Waals surface area contributed by atoms with Gasteiger partial charge in [0.1, 0.15) is 0 Å². The molecule has 0 spiro atoms. The van der Waals surface area contributed by atoms with Crippen LogP contribution in [0.2, 0.25) is 0 Å². The van der Waals surface area contributed by atoms with Crippen molar-refractivity contribution < 1.29 is 4.79 Å². The maximum atomic E-state index is 10.4. The SMILES string of the molecule is CN/C=C(/C)C(C)=O. The van der Waals surface area contributed by atoms with E-state index >= 15 is 0 Å². The van der Waals surface area contributed by atoms with Crippen molar-refractivity contribution in [1.82, 2.24) is 5.32 Å². The molecule has 0 unspecified atom stereocenters. The van der Waals surface area contributed by atoms with E-state index in [1.165, 1.54) is 0 Å². The first kappa shape index (κ1) is 7.21. The predicted octanol–water partition coefficient (Wildman–Crippen LogP) is 0.699. The number of allylic oxidation sites excluding steroid dienone is 1. The fourth-order valence-electron chi connectivity index (χ4n) is 0.318. The zero-order chi connectivity index (χ0) is 6.57. The zero-order valence-corrected chi connectivity index (χ0v) is 5.49. The van der Waals surface area contributed by atoms with E-state index < -0.39 is 0 Å². The second-order valence-corrected chi connectivity index (χ2v) is 1.67. The fourth-order valence-corrected chi connectivity index (χ4v) is 0.318. The first-order chi connectivity index (χ1) is 3.68. The van der Waals surface area contributed by atoms with E-state index in [-0.39, 0.29) is 5.78 Å². The van der Waals surface area contributed by atoms with Crippen molar-refractivity contribution in [3.05, 3.63) is 11.8 Å². The molecule has 0 aliphatic heterocycles. The smallest absolute Gasteiger partial charge is 0.156 e. The summed E-state index contributed by atoms with van der Waals surface area (Å²) in [6.07, 6.45) is 1.68. The lowest BCUT2D eigenvalue weighted by Gasteiger charge is -1.90. The Morgan fingerprint density at radius 3 is 2.12 bits per heavy atom. The highest BCUT2D eigenvalue weighted by Gasteiger charge is 1.91. The Morgan fingerprint density at radius 2 is 2.00 bits per heavy atom. The van der Waals surface area contributed by atoms with E-state index in [9.17, 15) is 4.79 Å². The Bertz CT molecular complexity index is 116. The molecule has 0 saturated heterocycles. The van der Waals surface area contributed by atoms with Gasteiger partial charge in [-0.3, -0.25) is 4.79 Å². The van der Waals surface area contributed by atoms with E-state index in [0.29, 0.717) is 0 Å². The third-order valence-corrected chi connectivity index (χ3v) is 0.916. The van der Waals surface area contributed by atoms with Crippen LogP contribution in [0.25, 0.3) is 0 Å². The van der Waals surface area contributed by atoms with Crippen LogP contribution in [0.1, 0.15) is 13.8 Å². The van der Waals surface area contributed by atoms with Crippen LogP contribution in [0, 0.1) is 0 Å². The van der Waals surface area contributed by atoms with Crippen molar-refractivity contribution >= 4 is 5.78 Å². The lowest BCUT2D eigenvalue weighted by atomic mass is 10.2. The molecular weight excluding hydrogens is 102 g/mol. The van der Waals surface area contributed by atoms with E-state index in [0.717, 1.165) is 5.57 Å². The molecule has 0 amide bonds. The summed E-state index contributed by atoms with van der Waals surface area (Å²) in [5.74, 6) is 0.111. The first-order valence-corrected chi connectivity index (χ1v) is 2.53. The molecule has 1 N–H and O–H groups in total. The van der Waals surface area contributed by atoms with Gasteiger partial charge in [0.05, 0.1) is 0 Å². The predicted molar refractivity (Wildman–Crippen MR) is 33.5 cm³/mol. The molecule has 0 atom stereocenters. The van der Waals surface area contributed by atoms with Gasteiger partial charge in [-0.25, -0.2) is 0 Å². The maximum Gasteiger partial charge on any atom is 0.156 e. The Balaban J connectivity index is 3.80. The van der Waals surface area contributed by atoms with Crippen molar-refractivity contribution in [2.45, 2.75) is 13.8 Å². The summed E-state index contributed by atoms with van der Waals surface area (Å²) in [5.41, 5.74) is 0.757. The molecule has 46 valence electrons. The molecule has 0 rings (SSSR count). The molecule has 2 heteroatoms. The van der Waals surface area contributed by atoms with Crippen LogP contribution in [0.5, 0.6) is 0 Å². The largest absolute Gasteiger partial charge is 0.394 e. The minimum Gasteiger partial charge on any atom is -0.394 e. The molecule has 0 aromatic heterocycles. The Hall–Kier alpha value is -0.790. The molecule has 8 heavy (non-hydrogen) atoms. The van der Waals surface area contributed by atoms with Crippen molar-refractivity contribution in [3.8, 4) is 0 Å². The minimum atomic E-state index is 0.111. The van der Waals surface area contributed by atoms with Crippen molar-refractivity contribution in [2.75, 3.05) is 7.05 Å². The third kappa shape index (κ3) is 2.39. The Kier molecular flexibility index (Phi) is 2.92. The van der Waals surface area contributed by atoms with Crippen LogP contribution >= 0.6 is 0 Å². The maximum absolute atomic E-state index is 10.4. The van der Waals surface area contributed by atoms with Gasteiger partial charge >= 0.3 is 0 Å².